The van der Waals surface area contributed by atoms with Crippen LogP contribution in [0.25, 0.3) is 0 Å². The van der Waals surface area contributed by atoms with Gasteiger partial charge in [0.15, 0.2) is 0 Å². The summed E-state index contributed by atoms with van der Waals surface area (Å²) in [5.41, 5.74) is 1.05. The summed E-state index contributed by atoms with van der Waals surface area (Å²) in [6.45, 7) is 6.26. The third-order valence-corrected chi connectivity index (χ3v) is 4.60. The third-order valence-electron chi connectivity index (χ3n) is 2.94. The number of hydrogen-bond donors (Lipinski definition) is 1. The van der Waals surface area contributed by atoms with Gasteiger partial charge in [0.2, 0.25) is 0 Å². The van der Waals surface area contributed by atoms with Crippen molar-refractivity contribution >= 4 is 34.5 Å². The van der Waals surface area contributed by atoms with Gasteiger partial charge in [-0.25, -0.2) is 4.98 Å². The molecule has 2 aromatic rings. The fraction of sp³-hybridized carbons (Fsp3) is 0.357. The van der Waals surface area contributed by atoms with E-state index >= 15 is 0 Å². The molecule has 0 spiro atoms. The van der Waals surface area contributed by atoms with Crippen LogP contribution in [-0.4, -0.2) is 4.98 Å². The summed E-state index contributed by atoms with van der Waals surface area (Å²) in [6.07, 6.45) is 1.90. The highest BCUT2D eigenvalue weighted by Gasteiger charge is 2.15. The number of nitrogens with zero attached hydrogens (tertiary/aromatic N) is 1. The second kappa shape index (κ2) is 6.23. The maximum Gasteiger partial charge on any atom is 0.109 e. The first kappa shape index (κ1) is 14.8. The van der Waals surface area contributed by atoms with E-state index in [1.807, 2.05) is 18.3 Å². The van der Waals surface area contributed by atoms with Crippen LogP contribution >= 0.6 is 34.5 Å². The summed E-state index contributed by atoms with van der Waals surface area (Å²) in [4.78, 5) is 5.62. The minimum absolute atomic E-state index is 0.143. The topological polar surface area (TPSA) is 24.9 Å². The van der Waals surface area contributed by atoms with Gasteiger partial charge in [-0.15, -0.1) is 11.3 Å². The number of rotatable bonds is 4. The van der Waals surface area contributed by atoms with Gasteiger partial charge in [0.05, 0.1) is 6.04 Å². The molecule has 2 rings (SSSR count). The fourth-order valence-corrected chi connectivity index (χ4v) is 3.32. The Morgan fingerprint density at radius 2 is 1.95 bits per heavy atom. The van der Waals surface area contributed by atoms with Gasteiger partial charge >= 0.3 is 0 Å². The van der Waals surface area contributed by atoms with Gasteiger partial charge in [-0.1, -0.05) is 29.3 Å². The summed E-state index contributed by atoms with van der Waals surface area (Å²) < 4.78 is 0. The predicted molar refractivity (Wildman–Crippen MR) is 83.3 cm³/mol. The van der Waals surface area contributed by atoms with Gasteiger partial charge < -0.3 is 5.32 Å². The number of nitrogens with one attached hydrogen (secondary N) is 1. The number of halogens is 2. The lowest BCUT2D eigenvalue weighted by Crippen LogP contribution is -2.22. The molecule has 1 heterocycles. The number of thiazole rings is 1. The number of aryl methyl sites for hydroxylation is 1. The molecule has 0 amide bonds. The minimum atomic E-state index is 0.143. The standard InChI is InChI=1S/C14H16Cl2N2S/c1-8-7-17-14(19-8)10(3)18-9(2)12-5-4-11(15)6-13(12)16/h4-7,9-10,18H,1-3H3. The van der Waals surface area contributed by atoms with E-state index in [4.69, 9.17) is 23.2 Å². The van der Waals surface area contributed by atoms with Crippen LogP contribution in [0.5, 0.6) is 0 Å². The smallest absolute Gasteiger partial charge is 0.109 e. The van der Waals surface area contributed by atoms with Crippen LogP contribution in [0, 0.1) is 6.92 Å². The van der Waals surface area contributed by atoms with Crippen LogP contribution in [0.15, 0.2) is 24.4 Å². The molecule has 0 bridgehead atoms. The fourth-order valence-electron chi connectivity index (χ4n) is 1.96. The Kier molecular flexibility index (Phi) is 4.85. The third kappa shape index (κ3) is 3.69. The summed E-state index contributed by atoms with van der Waals surface area (Å²) in [7, 11) is 0. The molecule has 0 aliphatic heterocycles. The summed E-state index contributed by atoms with van der Waals surface area (Å²) in [5, 5.41) is 5.95. The van der Waals surface area contributed by atoms with E-state index in [9.17, 15) is 0 Å². The van der Waals surface area contributed by atoms with Crippen molar-refractivity contribution in [3.8, 4) is 0 Å². The zero-order valence-corrected chi connectivity index (χ0v) is 13.4. The molecule has 2 atom stereocenters. The molecule has 0 saturated carbocycles. The van der Waals surface area contributed by atoms with Gasteiger partial charge in [0.1, 0.15) is 5.01 Å². The number of benzene rings is 1. The first-order valence-corrected chi connectivity index (χ1v) is 7.68. The van der Waals surface area contributed by atoms with E-state index in [2.05, 4.69) is 31.1 Å². The largest absolute Gasteiger partial charge is 0.301 e. The minimum Gasteiger partial charge on any atom is -0.301 e. The van der Waals surface area contributed by atoms with Crippen LogP contribution in [0.2, 0.25) is 10.0 Å². The van der Waals surface area contributed by atoms with Crippen LogP contribution in [-0.2, 0) is 0 Å². The Morgan fingerprint density at radius 1 is 1.21 bits per heavy atom. The van der Waals surface area contributed by atoms with Crippen molar-refractivity contribution in [2.75, 3.05) is 0 Å². The van der Waals surface area contributed by atoms with E-state index in [0.717, 1.165) is 10.6 Å². The molecule has 5 heteroatoms. The lowest BCUT2D eigenvalue weighted by atomic mass is 10.1. The first-order valence-electron chi connectivity index (χ1n) is 6.10. The van der Waals surface area contributed by atoms with Crippen LogP contribution < -0.4 is 5.32 Å². The lowest BCUT2D eigenvalue weighted by Gasteiger charge is -2.20. The van der Waals surface area contributed by atoms with E-state index in [0.29, 0.717) is 10.0 Å². The Balaban J connectivity index is 2.10. The summed E-state index contributed by atoms with van der Waals surface area (Å²) in [5.74, 6) is 0. The Labute approximate surface area is 127 Å². The van der Waals surface area contributed by atoms with E-state index in [-0.39, 0.29) is 12.1 Å². The number of aromatic nitrogens is 1. The average Bonchev–Trinajstić information content (AvgIpc) is 2.75. The van der Waals surface area contributed by atoms with Crippen molar-refractivity contribution < 1.29 is 0 Å². The second-order valence-electron chi connectivity index (χ2n) is 4.59. The molecular weight excluding hydrogens is 299 g/mol. The zero-order chi connectivity index (χ0) is 14.0. The Hall–Kier alpha value is -0.610. The molecular formula is C14H16Cl2N2S. The SMILES string of the molecule is Cc1cnc(C(C)NC(C)c2ccc(Cl)cc2Cl)s1. The van der Waals surface area contributed by atoms with Crippen molar-refractivity contribution in [2.24, 2.45) is 0 Å². The zero-order valence-electron chi connectivity index (χ0n) is 11.1. The van der Waals surface area contributed by atoms with Crippen molar-refractivity contribution in [2.45, 2.75) is 32.9 Å². The summed E-state index contributed by atoms with van der Waals surface area (Å²) in [6, 6.07) is 5.93. The highest BCUT2D eigenvalue weighted by atomic mass is 35.5. The maximum absolute atomic E-state index is 6.22. The molecule has 0 saturated heterocycles. The molecule has 19 heavy (non-hydrogen) atoms. The molecule has 0 fully saturated rings. The van der Waals surface area contributed by atoms with Gasteiger partial charge in [-0.05, 0) is 38.5 Å². The maximum atomic E-state index is 6.22. The van der Waals surface area contributed by atoms with Crippen LogP contribution in [0.1, 0.15) is 41.4 Å². The van der Waals surface area contributed by atoms with E-state index < -0.39 is 0 Å². The quantitative estimate of drug-likeness (QED) is 0.842. The molecule has 0 radical (unpaired) electrons. The average molecular weight is 315 g/mol. The summed E-state index contributed by atoms with van der Waals surface area (Å²) >= 11 is 13.8. The van der Waals surface area contributed by atoms with Gasteiger partial charge in [0, 0.05) is 27.2 Å². The predicted octanol–water partition coefficient (Wildman–Crippen LogP) is 5.17. The molecule has 1 aromatic heterocycles. The highest BCUT2D eigenvalue weighted by Crippen LogP contribution is 2.28. The first-order chi connectivity index (χ1) is 8.97. The molecule has 2 nitrogen and oxygen atoms in total. The van der Waals surface area contributed by atoms with Gasteiger partial charge in [-0.3, -0.25) is 0 Å². The molecule has 0 aliphatic rings. The van der Waals surface area contributed by atoms with Gasteiger partial charge in [-0.2, -0.15) is 0 Å². The van der Waals surface area contributed by atoms with Crippen LogP contribution in [0.3, 0.4) is 0 Å². The molecule has 2 unspecified atom stereocenters. The highest BCUT2D eigenvalue weighted by molar-refractivity contribution is 7.11. The van der Waals surface area contributed by atoms with Gasteiger partial charge in [0.25, 0.3) is 0 Å². The normalized spacial score (nSPS) is 14.4. The molecule has 1 aromatic carbocycles. The number of hydrogen-bond acceptors (Lipinski definition) is 3. The second-order valence-corrected chi connectivity index (χ2v) is 6.70. The van der Waals surface area contributed by atoms with Crippen molar-refractivity contribution in [1.29, 1.82) is 0 Å². The molecule has 1 N–H and O–H groups in total. The van der Waals surface area contributed by atoms with Crippen molar-refractivity contribution in [3.05, 3.63) is 49.9 Å². The van der Waals surface area contributed by atoms with Crippen molar-refractivity contribution in [1.82, 2.24) is 10.3 Å². The lowest BCUT2D eigenvalue weighted by molar-refractivity contribution is 0.493. The monoisotopic (exact) mass is 314 g/mol. The molecule has 102 valence electrons. The van der Waals surface area contributed by atoms with E-state index in [1.165, 1.54) is 4.88 Å². The Bertz CT molecular complexity index is 568. The Morgan fingerprint density at radius 3 is 2.53 bits per heavy atom. The van der Waals surface area contributed by atoms with Crippen molar-refractivity contribution in [3.63, 3.8) is 0 Å². The van der Waals surface area contributed by atoms with Crippen LogP contribution in [0.4, 0.5) is 0 Å². The molecule has 0 aliphatic carbocycles. The van der Waals surface area contributed by atoms with E-state index in [1.54, 1.807) is 17.4 Å².